The summed E-state index contributed by atoms with van der Waals surface area (Å²) in [5.74, 6) is 2.55. The Hall–Kier alpha value is -1.99. The van der Waals surface area contributed by atoms with Gasteiger partial charge in [0.2, 0.25) is 0 Å². The Balaban J connectivity index is 0.000000250. The third-order valence-electron chi connectivity index (χ3n) is 5.74. The van der Waals surface area contributed by atoms with E-state index >= 15 is 0 Å². The molecule has 4 fully saturated rings. The Bertz CT molecular complexity index is 625. The number of carboxylic acids is 1. The van der Waals surface area contributed by atoms with E-state index in [1.165, 1.54) is 19.3 Å². The molecular weight excluding hydrogens is 316 g/mol. The molecule has 4 atom stereocenters. The third kappa shape index (κ3) is 3.82. The average molecular weight is 342 g/mol. The van der Waals surface area contributed by atoms with Gasteiger partial charge in [-0.3, -0.25) is 4.79 Å². The van der Waals surface area contributed by atoms with Crippen molar-refractivity contribution < 1.29 is 19.4 Å². The van der Waals surface area contributed by atoms with E-state index in [0.717, 1.165) is 30.6 Å². The van der Waals surface area contributed by atoms with Crippen molar-refractivity contribution in [3.05, 3.63) is 29.8 Å². The number of ether oxygens (including phenoxy) is 2. The van der Waals surface area contributed by atoms with Crippen molar-refractivity contribution in [1.82, 2.24) is 0 Å². The molecule has 5 rings (SSSR count). The molecule has 1 N–H and O–H groups in total. The van der Waals surface area contributed by atoms with Crippen LogP contribution >= 0.6 is 0 Å². The lowest BCUT2D eigenvalue weighted by Gasteiger charge is -2.36. The standard InChI is InChI=1S/C16H18O3.C5H8O/c1-3-16(10-4-5-12(11-16)15(17)18)13-6-8-14(19-2)9-7-13;1-2-5-3-4(1)6-5/h1,6-9,12H,4-5,10-11H2,2H3,(H,17,18);4-5H,1-3H2. The summed E-state index contributed by atoms with van der Waals surface area (Å²) in [5, 5.41) is 9.21. The highest BCUT2D eigenvalue weighted by atomic mass is 16.5. The number of hydrogen-bond donors (Lipinski definition) is 1. The molecule has 4 heteroatoms. The molecule has 2 bridgehead atoms. The predicted octanol–water partition coefficient (Wildman–Crippen LogP) is 3.78. The van der Waals surface area contributed by atoms with E-state index in [0.29, 0.717) is 18.6 Å². The Kier molecular flexibility index (Phi) is 5.34. The minimum Gasteiger partial charge on any atom is -0.497 e. The van der Waals surface area contributed by atoms with Crippen molar-refractivity contribution in [1.29, 1.82) is 0 Å². The highest BCUT2D eigenvalue weighted by Gasteiger charge is 2.39. The minimum atomic E-state index is -0.743. The van der Waals surface area contributed by atoms with Crippen LogP contribution in [0.2, 0.25) is 0 Å². The number of aliphatic carboxylic acids is 1. The molecule has 25 heavy (non-hydrogen) atoms. The Morgan fingerprint density at radius 1 is 1.28 bits per heavy atom. The van der Waals surface area contributed by atoms with Gasteiger partial charge in [0.05, 0.1) is 30.7 Å². The van der Waals surface area contributed by atoms with Gasteiger partial charge in [-0.1, -0.05) is 24.5 Å². The van der Waals surface area contributed by atoms with Gasteiger partial charge in [0.1, 0.15) is 5.75 Å². The van der Waals surface area contributed by atoms with E-state index in [1.807, 2.05) is 24.3 Å². The van der Waals surface area contributed by atoms with Crippen LogP contribution in [-0.4, -0.2) is 30.4 Å². The van der Waals surface area contributed by atoms with Gasteiger partial charge in [-0.05, 0) is 56.2 Å². The molecule has 0 spiro atoms. The number of fused-ring (bicyclic) bond motifs is 1. The van der Waals surface area contributed by atoms with Crippen LogP contribution in [0, 0.1) is 18.3 Å². The molecule has 4 nitrogen and oxygen atoms in total. The zero-order valence-electron chi connectivity index (χ0n) is 14.7. The molecule has 2 aliphatic heterocycles. The summed E-state index contributed by atoms with van der Waals surface area (Å²) in [7, 11) is 1.62. The van der Waals surface area contributed by atoms with Gasteiger partial charge in [0.15, 0.2) is 0 Å². The summed E-state index contributed by atoms with van der Waals surface area (Å²) in [6, 6.07) is 7.64. The van der Waals surface area contributed by atoms with Crippen LogP contribution in [-0.2, 0) is 14.9 Å². The maximum atomic E-state index is 11.2. The lowest BCUT2D eigenvalue weighted by Crippen LogP contribution is -2.34. The van der Waals surface area contributed by atoms with Gasteiger partial charge in [-0.25, -0.2) is 0 Å². The van der Waals surface area contributed by atoms with Crippen molar-refractivity contribution in [2.75, 3.05) is 7.11 Å². The molecule has 1 aromatic carbocycles. The topological polar surface area (TPSA) is 55.8 Å². The maximum Gasteiger partial charge on any atom is 0.306 e. The van der Waals surface area contributed by atoms with Gasteiger partial charge in [-0.2, -0.15) is 0 Å². The van der Waals surface area contributed by atoms with E-state index in [1.54, 1.807) is 7.11 Å². The predicted molar refractivity (Wildman–Crippen MR) is 95.6 cm³/mol. The second kappa shape index (κ2) is 7.49. The summed E-state index contributed by atoms with van der Waals surface area (Å²) in [5.41, 5.74) is 0.565. The lowest BCUT2D eigenvalue weighted by atomic mass is 9.66. The van der Waals surface area contributed by atoms with Crippen molar-refractivity contribution >= 4 is 5.97 Å². The molecule has 2 saturated heterocycles. The Morgan fingerprint density at radius 3 is 2.36 bits per heavy atom. The zero-order chi connectivity index (χ0) is 17.9. The van der Waals surface area contributed by atoms with E-state index in [2.05, 4.69) is 5.92 Å². The van der Waals surface area contributed by atoms with Crippen molar-refractivity contribution in [3.63, 3.8) is 0 Å². The van der Waals surface area contributed by atoms with Crippen LogP contribution in [0.15, 0.2) is 24.3 Å². The second-order valence-corrected chi connectivity index (χ2v) is 7.28. The molecule has 2 aliphatic carbocycles. The molecule has 4 aliphatic rings. The quantitative estimate of drug-likeness (QED) is 0.850. The minimum absolute atomic E-state index is 0.341. The first-order chi connectivity index (χ1) is 12.1. The van der Waals surface area contributed by atoms with E-state index in [-0.39, 0.29) is 5.92 Å². The van der Waals surface area contributed by atoms with E-state index in [4.69, 9.17) is 15.9 Å². The van der Waals surface area contributed by atoms with Crippen LogP contribution in [0.5, 0.6) is 5.75 Å². The largest absolute Gasteiger partial charge is 0.497 e. The first kappa shape index (κ1) is 17.8. The molecule has 0 amide bonds. The smallest absolute Gasteiger partial charge is 0.306 e. The fourth-order valence-electron chi connectivity index (χ4n) is 4.17. The monoisotopic (exact) mass is 342 g/mol. The molecule has 134 valence electrons. The normalized spacial score (nSPS) is 32.6. The number of terminal acetylenes is 1. The number of hydrogen-bond acceptors (Lipinski definition) is 3. The average Bonchev–Trinajstić information content (AvgIpc) is 3.28. The SMILES string of the molecule is C#CC1(c2ccc(OC)cc2)CCCC(C(=O)O)C1.C1CC2CC1O2. The molecule has 4 unspecified atom stereocenters. The Morgan fingerprint density at radius 2 is 1.92 bits per heavy atom. The number of carboxylic acid groups (broad SMARTS) is 1. The summed E-state index contributed by atoms with van der Waals surface area (Å²) in [6.45, 7) is 0. The summed E-state index contributed by atoms with van der Waals surface area (Å²) < 4.78 is 10.4. The number of rotatable bonds is 3. The van der Waals surface area contributed by atoms with E-state index < -0.39 is 11.4 Å². The number of benzene rings is 1. The van der Waals surface area contributed by atoms with Crippen molar-refractivity contribution in [2.45, 2.75) is 62.6 Å². The highest BCUT2D eigenvalue weighted by Crippen LogP contribution is 2.42. The first-order valence-electron chi connectivity index (χ1n) is 9.07. The van der Waals surface area contributed by atoms with Crippen LogP contribution < -0.4 is 4.74 Å². The van der Waals surface area contributed by atoms with Crippen LogP contribution in [0.4, 0.5) is 0 Å². The third-order valence-corrected chi connectivity index (χ3v) is 5.74. The summed E-state index contributed by atoms with van der Waals surface area (Å²) >= 11 is 0. The van der Waals surface area contributed by atoms with Gasteiger partial charge in [0.25, 0.3) is 0 Å². The van der Waals surface area contributed by atoms with E-state index in [9.17, 15) is 9.90 Å². The van der Waals surface area contributed by atoms with Crippen LogP contribution in [0.25, 0.3) is 0 Å². The molecule has 2 saturated carbocycles. The molecule has 2 heterocycles. The summed E-state index contributed by atoms with van der Waals surface area (Å²) in [4.78, 5) is 11.2. The fraction of sp³-hybridized carbons (Fsp3) is 0.571. The van der Waals surface area contributed by atoms with Gasteiger partial charge < -0.3 is 14.6 Å². The first-order valence-corrected chi connectivity index (χ1v) is 9.07. The number of carbonyl (C=O) groups is 1. The highest BCUT2D eigenvalue weighted by molar-refractivity contribution is 5.70. The maximum absolute atomic E-state index is 11.2. The number of methoxy groups -OCH3 is 1. The van der Waals surface area contributed by atoms with Gasteiger partial charge in [0, 0.05) is 0 Å². The van der Waals surface area contributed by atoms with Gasteiger partial charge in [-0.15, -0.1) is 6.42 Å². The molecule has 1 aromatic rings. The second-order valence-electron chi connectivity index (χ2n) is 7.28. The molecule has 0 aromatic heterocycles. The zero-order valence-corrected chi connectivity index (χ0v) is 14.7. The van der Waals surface area contributed by atoms with Crippen LogP contribution in [0.1, 0.15) is 50.5 Å². The summed E-state index contributed by atoms with van der Waals surface area (Å²) in [6.07, 6.45) is 14.1. The van der Waals surface area contributed by atoms with Gasteiger partial charge >= 0.3 is 5.97 Å². The van der Waals surface area contributed by atoms with Crippen molar-refractivity contribution in [3.8, 4) is 18.1 Å². The molecule has 0 radical (unpaired) electrons. The Labute approximate surface area is 149 Å². The van der Waals surface area contributed by atoms with Crippen molar-refractivity contribution in [2.24, 2.45) is 5.92 Å². The fourth-order valence-corrected chi connectivity index (χ4v) is 4.17. The van der Waals surface area contributed by atoms with Crippen LogP contribution in [0.3, 0.4) is 0 Å². The lowest BCUT2D eigenvalue weighted by molar-refractivity contribution is -0.143. The molecular formula is C21H26O4.